The van der Waals surface area contributed by atoms with E-state index in [2.05, 4.69) is 34.2 Å². The molecule has 0 unspecified atom stereocenters. The van der Waals surface area contributed by atoms with Gasteiger partial charge in [0.05, 0.1) is 17.0 Å². The first kappa shape index (κ1) is 20.2. The van der Waals surface area contributed by atoms with Crippen LogP contribution in [0.4, 0.5) is 8.78 Å². The van der Waals surface area contributed by atoms with Crippen LogP contribution in [0.1, 0.15) is 75.1 Å². The van der Waals surface area contributed by atoms with E-state index < -0.39 is 17.2 Å². The topological polar surface area (TPSA) is 73.9 Å². The highest BCUT2D eigenvalue weighted by molar-refractivity contribution is 5.63. The summed E-state index contributed by atoms with van der Waals surface area (Å²) in [7, 11) is 0. The highest BCUT2D eigenvalue weighted by atomic mass is 19.1. The van der Waals surface area contributed by atoms with Crippen LogP contribution in [0.5, 0.6) is 0 Å². The van der Waals surface area contributed by atoms with Gasteiger partial charge in [0.1, 0.15) is 23.3 Å². The molecule has 31 heavy (non-hydrogen) atoms. The predicted molar refractivity (Wildman–Crippen MR) is 108 cm³/mol. The lowest BCUT2D eigenvalue weighted by Crippen LogP contribution is -2.39. The number of ether oxygens (including phenoxy) is 1. The number of halogens is 2. The fraction of sp³-hybridized carbons (Fsp3) is 0.478. The maximum absolute atomic E-state index is 14.4. The summed E-state index contributed by atoms with van der Waals surface area (Å²) in [5.41, 5.74) is 0.770. The second kappa shape index (κ2) is 6.88. The summed E-state index contributed by atoms with van der Waals surface area (Å²) in [6, 6.07) is 5.57. The van der Waals surface area contributed by atoms with Crippen LogP contribution in [-0.2, 0) is 10.3 Å². The van der Waals surface area contributed by atoms with E-state index in [1.807, 2.05) is 6.92 Å². The smallest absolute Gasteiger partial charge is 0.245 e. The molecule has 6 nitrogen and oxygen atoms in total. The van der Waals surface area contributed by atoms with Crippen LogP contribution >= 0.6 is 0 Å². The number of hydrogen-bond donors (Lipinski definition) is 0. The van der Waals surface area contributed by atoms with Crippen molar-refractivity contribution in [2.24, 2.45) is 5.41 Å². The monoisotopic (exact) mass is 426 g/mol. The Morgan fingerprint density at radius 2 is 1.90 bits per heavy atom. The second-order valence-corrected chi connectivity index (χ2v) is 8.94. The summed E-state index contributed by atoms with van der Waals surface area (Å²) < 4.78 is 41.1. The lowest BCUT2D eigenvalue weighted by atomic mass is 9.77. The predicted octanol–water partition coefficient (Wildman–Crippen LogP) is 5.39. The Morgan fingerprint density at radius 1 is 1.16 bits per heavy atom. The Labute approximate surface area is 179 Å². The lowest BCUT2D eigenvalue weighted by molar-refractivity contribution is -0.158. The van der Waals surface area contributed by atoms with Crippen molar-refractivity contribution in [3.05, 3.63) is 58.9 Å². The van der Waals surface area contributed by atoms with Crippen molar-refractivity contribution in [2.75, 3.05) is 0 Å². The fourth-order valence-electron chi connectivity index (χ4n) is 5.39. The van der Waals surface area contributed by atoms with Crippen molar-refractivity contribution < 1.29 is 17.9 Å². The minimum Gasteiger partial charge on any atom is -0.423 e. The minimum atomic E-state index is -0.685. The average molecular weight is 426 g/mol. The van der Waals surface area contributed by atoms with E-state index in [-0.39, 0.29) is 28.7 Å². The standard InChI is InChI=1S/C23H24F2N4O2/c1-5-18(21-29-26-12(2)30-21)31-23-10-9-14(22(23,3)4)13-11-17(27-28-20(13)23)19-15(24)7-6-8-16(19)25/h6-8,11,14,18H,5,9-10H2,1-4H3/t14-,18+,23-/m0/s1. The molecular formula is C23H24F2N4O2. The highest BCUT2D eigenvalue weighted by Crippen LogP contribution is 2.68. The van der Waals surface area contributed by atoms with E-state index in [4.69, 9.17) is 9.15 Å². The SMILES string of the molecule is CC[C@@H](O[C@@]12CC[C@@H](c3cc(-c4c(F)cccc4F)nnc31)C2(C)C)c1nnc(C)o1. The van der Waals surface area contributed by atoms with Crippen LogP contribution in [0.3, 0.4) is 0 Å². The van der Waals surface area contributed by atoms with Gasteiger partial charge in [-0.2, -0.15) is 5.10 Å². The third-order valence-electron chi connectivity index (χ3n) is 7.03. The van der Waals surface area contributed by atoms with Gasteiger partial charge in [0.25, 0.3) is 0 Å². The normalized spacial score (nSPS) is 24.4. The maximum Gasteiger partial charge on any atom is 0.245 e. The zero-order valence-corrected chi connectivity index (χ0v) is 17.9. The zero-order valence-electron chi connectivity index (χ0n) is 17.9. The summed E-state index contributed by atoms with van der Waals surface area (Å²) in [4.78, 5) is 0. The Hall–Kier alpha value is -2.74. The zero-order chi connectivity index (χ0) is 22.0. The quantitative estimate of drug-likeness (QED) is 0.544. The van der Waals surface area contributed by atoms with Gasteiger partial charge in [-0.25, -0.2) is 8.78 Å². The van der Waals surface area contributed by atoms with Crippen LogP contribution in [0.25, 0.3) is 11.3 Å². The number of aryl methyl sites for hydroxylation is 1. The molecule has 3 atom stereocenters. The molecule has 1 saturated carbocycles. The molecule has 2 aliphatic carbocycles. The number of rotatable bonds is 5. The number of fused-ring (bicyclic) bond motifs is 5. The number of benzene rings is 1. The van der Waals surface area contributed by atoms with Crippen LogP contribution in [0, 0.1) is 24.0 Å². The molecule has 1 aromatic carbocycles. The molecule has 0 radical (unpaired) electrons. The van der Waals surface area contributed by atoms with E-state index >= 15 is 0 Å². The summed E-state index contributed by atoms with van der Waals surface area (Å²) in [6.07, 6.45) is 1.95. The van der Waals surface area contributed by atoms with Gasteiger partial charge < -0.3 is 9.15 Å². The average Bonchev–Trinajstić information content (AvgIpc) is 3.32. The summed E-state index contributed by atoms with van der Waals surface area (Å²) >= 11 is 0. The number of aromatic nitrogens is 4. The number of hydrogen-bond acceptors (Lipinski definition) is 6. The summed E-state index contributed by atoms with van der Waals surface area (Å²) in [5, 5.41) is 16.8. The molecule has 0 spiro atoms. The molecule has 0 N–H and O–H groups in total. The Bertz CT molecular complexity index is 1140. The molecule has 2 aromatic heterocycles. The Morgan fingerprint density at radius 3 is 2.55 bits per heavy atom. The second-order valence-electron chi connectivity index (χ2n) is 8.94. The van der Waals surface area contributed by atoms with Gasteiger partial charge in [-0.1, -0.05) is 26.8 Å². The summed E-state index contributed by atoms with van der Waals surface area (Å²) in [5.74, 6) is -0.226. The summed E-state index contributed by atoms with van der Waals surface area (Å²) in [6.45, 7) is 8.06. The molecule has 0 amide bonds. The first-order valence-electron chi connectivity index (χ1n) is 10.6. The molecule has 8 heteroatoms. The molecule has 1 fully saturated rings. The van der Waals surface area contributed by atoms with Crippen LogP contribution < -0.4 is 0 Å². The van der Waals surface area contributed by atoms with Gasteiger partial charge in [-0.05, 0) is 48.9 Å². The molecule has 0 saturated heterocycles. The highest BCUT2D eigenvalue weighted by Gasteiger charge is 2.65. The van der Waals surface area contributed by atoms with Crippen molar-refractivity contribution in [2.45, 2.75) is 64.6 Å². The molecule has 2 bridgehead atoms. The third kappa shape index (κ3) is 2.77. The van der Waals surface area contributed by atoms with Gasteiger partial charge in [-0.3, -0.25) is 0 Å². The molecule has 5 rings (SSSR count). The largest absolute Gasteiger partial charge is 0.423 e. The van der Waals surface area contributed by atoms with Gasteiger partial charge in [-0.15, -0.1) is 15.3 Å². The van der Waals surface area contributed by atoms with E-state index in [1.165, 1.54) is 18.2 Å². The minimum absolute atomic E-state index is 0.147. The van der Waals surface area contributed by atoms with Crippen LogP contribution in [-0.4, -0.2) is 20.4 Å². The molecular weight excluding hydrogens is 402 g/mol. The first-order chi connectivity index (χ1) is 14.8. The first-order valence-corrected chi connectivity index (χ1v) is 10.6. The maximum atomic E-state index is 14.4. The fourth-order valence-corrected chi connectivity index (χ4v) is 5.39. The lowest BCUT2D eigenvalue weighted by Gasteiger charge is -2.39. The Balaban J connectivity index is 1.60. The van der Waals surface area contributed by atoms with Crippen molar-refractivity contribution in [1.29, 1.82) is 0 Å². The van der Waals surface area contributed by atoms with E-state index in [9.17, 15) is 8.78 Å². The van der Waals surface area contributed by atoms with Crippen molar-refractivity contribution in [3.63, 3.8) is 0 Å². The molecule has 2 heterocycles. The number of nitrogens with zero attached hydrogens (tertiary/aromatic N) is 4. The van der Waals surface area contributed by atoms with Crippen molar-refractivity contribution in [1.82, 2.24) is 20.4 Å². The molecule has 2 aliphatic rings. The van der Waals surface area contributed by atoms with Crippen LogP contribution in [0.15, 0.2) is 28.7 Å². The van der Waals surface area contributed by atoms with Crippen LogP contribution in [0.2, 0.25) is 0 Å². The van der Waals surface area contributed by atoms with Crippen molar-refractivity contribution >= 4 is 0 Å². The molecule has 162 valence electrons. The third-order valence-corrected chi connectivity index (χ3v) is 7.03. The van der Waals surface area contributed by atoms with E-state index in [1.54, 1.807) is 13.0 Å². The van der Waals surface area contributed by atoms with Crippen molar-refractivity contribution in [3.8, 4) is 11.3 Å². The van der Waals surface area contributed by atoms with Gasteiger partial charge in [0.2, 0.25) is 11.8 Å². The van der Waals surface area contributed by atoms with Gasteiger partial charge in [0, 0.05) is 12.3 Å². The van der Waals surface area contributed by atoms with Gasteiger partial charge in [0.15, 0.2) is 0 Å². The molecule has 0 aliphatic heterocycles. The van der Waals surface area contributed by atoms with E-state index in [0.29, 0.717) is 18.2 Å². The van der Waals surface area contributed by atoms with Gasteiger partial charge >= 0.3 is 0 Å². The molecule has 3 aromatic rings. The van der Waals surface area contributed by atoms with E-state index in [0.717, 1.165) is 24.1 Å². The Kier molecular flexibility index (Phi) is 4.48.